The number of nitrogens with zero attached hydrogens (tertiary/aromatic N) is 4. The van der Waals surface area contributed by atoms with E-state index in [4.69, 9.17) is 0 Å². The molecule has 0 radical (unpaired) electrons. The standard InChI is InChI=1S/C24H26N6O3/c1-16-9-11-18(12-10-16)21(31)25-13-14-26-23-27-20-19(22(32)29(3)24(33)28(20)2)30(23)15-17-7-5-4-6-8-17/h4-12H,13-15H2,1-3H3,(H,25,31)(H,26,27). The molecular formula is C24H26N6O3. The van der Waals surface area contributed by atoms with Crippen molar-refractivity contribution in [2.75, 3.05) is 18.4 Å². The minimum Gasteiger partial charge on any atom is -0.354 e. The first kappa shape index (κ1) is 22.1. The number of benzene rings is 2. The first-order valence-electron chi connectivity index (χ1n) is 10.7. The maximum Gasteiger partial charge on any atom is 0.332 e. The predicted octanol–water partition coefficient (Wildman–Crippen LogP) is 1.63. The molecule has 0 spiro atoms. The Balaban J connectivity index is 1.59. The van der Waals surface area contributed by atoms with Gasteiger partial charge in [-0.25, -0.2) is 4.79 Å². The van der Waals surface area contributed by atoms with Crippen LogP contribution >= 0.6 is 0 Å². The summed E-state index contributed by atoms with van der Waals surface area (Å²) in [5.74, 6) is 0.294. The normalized spacial score (nSPS) is 11.0. The second-order valence-electron chi connectivity index (χ2n) is 7.93. The van der Waals surface area contributed by atoms with Crippen LogP contribution in [0, 0.1) is 6.92 Å². The number of aromatic nitrogens is 4. The average molecular weight is 447 g/mol. The molecule has 1 amide bonds. The van der Waals surface area contributed by atoms with Crippen molar-refractivity contribution in [3.63, 3.8) is 0 Å². The van der Waals surface area contributed by atoms with Gasteiger partial charge in [-0.3, -0.25) is 23.3 Å². The minimum absolute atomic E-state index is 0.161. The Morgan fingerprint density at radius 2 is 1.64 bits per heavy atom. The summed E-state index contributed by atoms with van der Waals surface area (Å²) in [6.45, 7) is 3.13. The summed E-state index contributed by atoms with van der Waals surface area (Å²) in [5, 5.41) is 6.08. The first-order valence-corrected chi connectivity index (χ1v) is 10.7. The van der Waals surface area contributed by atoms with Crippen molar-refractivity contribution < 1.29 is 4.79 Å². The molecule has 0 unspecified atom stereocenters. The number of carbonyl (C=O) groups excluding carboxylic acids is 1. The van der Waals surface area contributed by atoms with Crippen molar-refractivity contribution in [1.29, 1.82) is 0 Å². The molecule has 170 valence electrons. The van der Waals surface area contributed by atoms with Crippen LogP contribution in [0.1, 0.15) is 21.5 Å². The molecule has 9 nitrogen and oxygen atoms in total. The van der Waals surface area contributed by atoms with Crippen LogP contribution in [0.2, 0.25) is 0 Å². The molecule has 0 saturated carbocycles. The van der Waals surface area contributed by atoms with Gasteiger partial charge in [0.05, 0.1) is 6.54 Å². The molecule has 4 rings (SSSR count). The van der Waals surface area contributed by atoms with Gasteiger partial charge < -0.3 is 10.6 Å². The van der Waals surface area contributed by atoms with Crippen molar-refractivity contribution in [3.05, 3.63) is 92.1 Å². The number of imidazole rings is 1. The van der Waals surface area contributed by atoms with Crippen molar-refractivity contribution >= 4 is 23.0 Å². The van der Waals surface area contributed by atoms with Crippen LogP contribution in [0.5, 0.6) is 0 Å². The van der Waals surface area contributed by atoms with Crippen LogP contribution in [0.4, 0.5) is 5.95 Å². The van der Waals surface area contributed by atoms with Crippen LogP contribution in [0.25, 0.3) is 11.2 Å². The Morgan fingerprint density at radius 3 is 2.33 bits per heavy atom. The van der Waals surface area contributed by atoms with Gasteiger partial charge in [0.2, 0.25) is 5.95 Å². The smallest absolute Gasteiger partial charge is 0.332 e. The molecule has 0 aliphatic carbocycles. The molecule has 2 aromatic carbocycles. The van der Waals surface area contributed by atoms with E-state index < -0.39 is 11.2 Å². The van der Waals surface area contributed by atoms with Gasteiger partial charge in [0.25, 0.3) is 11.5 Å². The van der Waals surface area contributed by atoms with Crippen LogP contribution in [-0.4, -0.2) is 37.7 Å². The largest absolute Gasteiger partial charge is 0.354 e. The molecule has 0 bridgehead atoms. The highest BCUT2D eigenvalue weighted by Crippen LogP contribution is 2.17. The number of nitrogens with one attached hydrogen (secondary N) is 2. The minimum atomic E-state index is -0.436. The maximum absolute atomic E-state index is 12.9. The third-order valence-corrected chi connectivity index (χ3v) is 5.54. The number of rotatable bonds is 7. The van der Waals surface area contributed by atoms with Crippen LogP contribution in [0.15, 0.2) is 64.2 Å². The van der Waals surface area contributed by atoms with Crippen molar-refractivity contribution in [2.24, 2.45) is 14.1 Å². The number of hydrogen-bond donors (Lipinski definition) is 2. The summed E-state index contributed by atoms with van der Waals surface area (Å²) in [4.78, 5) is 42.2. The van der Waals surface area contributed by atoms with E-state index in [9.17, 15) is 14.4 Å². The average Bonchev–Trinajstić information content (AvgIpc) is 3.18. The molecule has 2 N–H and O–H groups in total. The molecule has 0 aliphatic heterocycles. The molecular weight excluding hydrogens is 420 g/mol. The SMILES string of the molecule is Cc1ccc(C(=O)NCCNc2nc3c(c(=O)n(C)c(=O)n3C)n2Cc2ccccc2)cc1. The summed E-state index contributed by atoms with van der Waals surface area (Å²) in [7, 11) is 3.05. The Bertz CT molecular complexity index is 1420. The highest BCUT2D eigenvalue weighted by atomic mass is 16.2. The van der Waals surface area contributed by atoms with E-state index in [-0.39, 0.29) is 5.91 Å². The molecule has 0 fully saturated rings. The molecule has 33 heavy (non-hydrogen) atoms. The third-order valence-electron chi connectivity index (χ3n) is 5.54. The topological polar surface area (TPSA) is 103 Å². The lowest BCUT2D eigenvalue weighted by atomic mass is 10.1. The first-order chi connectivity index (χ1) is 15.9. The molecule has 0 atom stereocenters. The molecule has 0 aliphatic rings. The van der Waals surface area contributed by atoms with Gasteiger partial charge in [-0.15, -0.1) is 0 Å². The van der Waals surface area contributed by atoms with Crippen molar-refractivity contribution in [2.45, 2.75) is 13.5 Å². The monoisotopic (exact) mass is 446 g/mol. The zero-order valence-corrected chi connectivity index (χ0v) is 18.8. The van der Waals surface area contributed by atoms with Crippen LogP contribution in [-0.2, 0) is 20.6 Å². The second kappa shape index (κ2) is 9.15. The van der Waals surface area contributed by atoms with Crippen LogP contribution in [0.3, 0.4) is 0 Å². The Morgan fingerprint density at radius 1 is 0.939 bits per heavy atom. The third kappa shape index (κ3) is 4.43. The molecule has 9 heteroatoms. The lowest BCUT2D eigenvalue weighted by Crippen LogP contribution is -2.37. The van der Waals surface area contributed by atoms with E-state index in [2.05, 4.69) is 15.6 Å². The number of amides is 1. The summed E-state index contributed by atoms with van der Waals surface area (Å²) in [6, 6.07) is 17.1. The molecule has 2 aromatic heterocycles. The Hall–Kier alpha value is -4.14. The zero-order valence-electron chi connectivity index (χ0n) is 18.8. The van der Waals surface area contributed by atoms with E-state index in [1.54, 1.807) is 23.7 Å². The number of hydrogen-bond acceptors (Lipinski definition) is 5. The summed E-state index contributed by atoms with van der Waals surface area (Å²) in [6.07, 6.45) is 0. The predicted molar refractivity (Wildman–Crippen MR) is 128 cm³/mol. The molecule has 4 aromatic rings. The lowest BCUT2D eigenvalue weighted by Gasteiger charge is -2.12. The summed E-state index contributed by atoms with van der Waals surface area (Å²) in [5.41, 5.74) is 2.48. The highest BCUT2D eigenvalue weighted by molar-refractivity contribution is 5.94. The number of carbonyl (C=O) groups is 1. The van der Waals surface area contributed by atoms with E-state index in [1.165, 1.54) is 11.6 Å². The summed E-state index contributed by atoms with van der Waals surface area (Å²) < 4.78 is 4.22. The lowest BCUT2D eigenvalue weighted by molar-refractivity contribution is 0.0955. The fourth-order valence-corrected chi connectivity index (χ4v) is 3.66. The van der Waals surface area contributed by atoms with E-state index >= 15 is 0 Å². The zero-order chi connectivity index (χ0) is 23.5. The fraction of sp³-hybridized carbons (Fsp3) is 0.250. The Labute approximate surface area is 190 Å². The van der Waals surface area contributed by atoms with Gasteiger partial charge in [0.1, 0.15) is 0 Å². The van der Waals surface area contributed by atoms with Gasteiger partial charge in [-0.2, -0.15) is 4.98 Å². The number of anilines is 1. The van der Waals surface area contributed by atoms with Gasteiger partial charge >= 0.3 is 5.69 Å². The summed E-state index contributed by atoms with van der Waals surface area (Å²) >= 11 is 0. The van der Waals surface area contributed by atoms with Crippen molar-refractivity contribution in [3.8, 4) is 0 Å². The number of fused-ring (bicyclic) bond motifs is 1. The van der Waals surface area contributed by atoms with Gasteiger partial charge in [0.15, 0.2) is 11.2 Å². The van der Waals surface area contributed by atoms with Gasteiger partial charge in [0, 0.05) is 32.7 Å². The fourth-order valence-electron chi connectivity index (χ4n) is 3.66. The second-order valence-corrected chi connectivity index (χ2v) is 7.93. The van der Waals surface area contributed by atoms with E-state index in [1.807, 2.05) is 49.4 Å². The quantitative estimate of drug-likeness (QED) is 0.420. The maximum atomic E-state index is 12.9. The van der Waals surface area contributed by atoms with Crippen LogP contribution < -0.4 is 21.9 Å². The van der Waals surface area contributed by atoms with E-state index in [0.29, 0.717) is 42.3 Å². The van der Waals surface area contributed by atoms with E-state index in [0.717, 1.165) is 15.7 Å². The van der Waals surface area contributed by atoms with Gasteiger partial charge in [-0.1, -0.05) is 48.0 Å². The Kier molecular flexibility index (Phi) is 6.12. The number of aryl methyl sites for hydroxylation is 2. The van der Waals surface area contributed by atoms with Crippen molar-refractivity contribution in [1.82, 2.24) is 24.0 Å². The highest BCUT2D eigenvalue weighted by Gasteiger charge is 2.19. The molecule has 0 saturated heterocycles. The van der Waals surface area contributed by atoms with Gasteiger partial charge in [-0.05, 0) is 24.6 Å². The molecule has 2 heterocycles.